The number of carbonyl (C=O) groups excluding carboxylic acids is 4. The lowest BCUT2D eigenvalue weighted by atomic mass is 10.0. The summed E-state index contributed by atoms with van der Waals surface area (Å²) < 4.78 is 0. The van der Waals surface area contributed by atoms with Crippen molar-refractivity contribution in [3.05, 3.63) is 88.4 Å². The molecule has 2 atom stereocenters. The first kappa shape index (κ1) is 24.3. The highest BCUT2D eigenvalue weighted by Gasteiger charge is 2.38. The van der Waals surface area contributed by atoms with Crippen molar-refractivity contribution in [2.24, 2.45) is 0 Å². The van der Waals surface area contributed by atoms with Gasteiger partial charge >= 0.3 is 0 Å². The molecule has 0 saturated carbocycles. The Labute approximate surface area is 207 Å². The van der Waals surface area contributed by atoms with E-state index in [9.17, 15) is 19.2 Å². The molecule has 4 rings (SSSR count). The summed E-state index contributed by atoms with van der Waals surface area (Å²) in [5.74, 6) is -2.05. The lowest BCUT2D eigenvalue weighted by Crippen LogP contribution is -2.53. The third-order valence-corrected chi connectivity index (χ3v) is 6.65. The summed E-state index contributed by atoms with van der Waals surface area (Å²) in [4.78, 5) is 57.8. The van der Waals surface area contributed by atoms with Crippen molar-refractivity contribution in [2.75, 3.05) is 0 Å². The van der Waals surface area contributed by atoms with Gasteiger partial charge in [-0.05, 0) is 17.5 Å². The predicted molar refractivity (Wildman–Crippen MR) is 131 cm³/mol. The lowest BCUT2D eigenvalue weighted by Gasteiger charge is -2.26. The molecule has 9 heteroatoms. The number of nitrogens with one attached hydrogen (secondary N) is 2. The molecule has 8 nitrogen and oxygen atoms in total. The first-order valence-electron chi connectivity index (χ1n) is 11.4. The molecule has 1 fully saturated rings. The van der Waals surface area contributed by atoms with E-state index in [1.807, 2.05) is 60.7 Å². The Bertz CT molecular complexity index is 1170. The molecule has 180 valence electrons. The monoisotopic (exact) mass is 490 g/mol. The molecule has 1 aromatic heterocycles. The molecule has 3 amide bonds. The molecule has 0 spiro atoms. The number of benzene rings is 2. The number of aromatic nitrogens is 1. The van der Waals surface area contributed by atoms with Crippen LogP contribution in [0.15, 0.2) is 72.4 Å². The van der Waals surface area contributed by atoms with Gasteiger partial charge in [-0.25, -0.2) is 0 Å². The van der Waals surface area contributed by atoms with Gasteiger partial charge in [-0.2, -0.15) is 0 Å². The summed E-state index contributed by atoms with van der Waals surface area (Å²) in [7, 11) is 0. The van der Waals surface area contributed by atoms with Gasteiger partial charge in [-0.15, -0.1) is 11.3 Å². The summed E-state index contributed by atoms with van der Waals surface area (Å²) in [6, 6.07) is 16.9. The van der Waals surface area contributed by atoms with E-state index in [0.29, 0.717) is 13.0 Å². The molecule has 2 unspecified atom stereocenters. The van der Waals surface area contributed by atoms with Crippen LogP contribution >= 0.6 is 11.3 Å². The number of nitrogens with zero attached hydrogens (tertiary/aromatic N) is 2. The summed E-state index contributed by atoms with van der Waals surface area (Å²) in [6.45, 7) is 0.494. The van der Waals surface area contributed by atoms with Crippen molar-refractivity contribution in [1.82, 2.24) is 20.5 Å². The van der Waals surface area contributed by atoms with E-state index < -0.39 is 29.7 Å². The van der Waals surface area contributed by atoms with Crippen molar-refractivity contribution in [3.8, 4) is 0 Å². The van der Waals surface area contributed by atoms with Gasteiger partial charge in [0.2, 0.25) is 17.6 Å². The largest absolute Gasteiger partial charge is 0.344 e. The van der Waals surface area contributed by atoms with E-state index in [2.05, 4.69) is 15.6 Å². The molecule has 2 heterocycles. The zero-order valence-electron chi connectivity index (χ0n) is 19.1. The Morgan fingerprint density at radius 1 is 1.03 bits per heavy atom. The van der Waals surface area contributed by atoms with Crippen molar-refractivity contribution < 1.29 is 19.2 Å². The Hall–Kier alpha value is -3.85. The van der Waals surface area contributed by atoms with Gasteiger partial charge in [0.1, 0.15) is 12.1 Å². The van der Waals surface area contributed by atoms with Gasteiger partial charge in [0.05, 0.1) is 12.1 Å². The number of amides is 3. The van der Waals surface area contributed by atoms with Crippen molar-refractivity contribution >= 4 is 34.8 Å². The topological polar surface area (TPSA) is 108 Å². The maximum atomic E-state index is 13.3. The molecular formula is C26H26N4O4S. The fourth-order valence-corrected chi connectivity index (χ4v) is 4.59. The SMILES string of the molecule is O=C(NCc1cncs1)C(=O)C(Cc1ccccc1)NC(=O)C1CCC(=O)N1Cc1ccccc1. The van der Waals surface area contributed by atoms with Crippen LogP contribution in [0.5, 0.6) is 0 Å². The second kappa shape index (κ2) is 11.5. The Morgan fingerprint density at radius 2 is 1.71 bits per heavy atom. The van der Waals surface area contributed by atoms with Crippen LogP contribution in [-0.2, 0) is 38.7 Å². The van der Waals surface area contributed by atoms with E-state index in [-0.39, 0.29) is 25.3 Å². The number of Topliss-reactive ketones (excluding diaryl/α,β-unsaturated/α-hetero) is 1. The first-order valence-corrected chi connectivity index (χ1v) is 12.3. The molecule has 0 bridgehead atoms. The summed E-state index contributed by atoms with van der Waals surface area (Å²) in [5, 5.41) is 5.37. The maximum absolute atomic E-state index is 13.3. The molecule has 35 heavy (non-hydrogen) atoms. The second-order valence-electron chi connectivity index (χ2n) is 8.33. The van der Waals surface area contributed by atoms with E-state index in [1.165, 1.54) is 11.3 Å². The van der Waals surface area contributed by atoms with E-state index >= 15 is 0 Å². The van der Waals surface area contributed by atoms with Crippen LogP contribution in [0.25, 0.3) is 0 Å². The minimum absolute atomic E-state index is 0.109. The highest BCUT2D eigenvalue weighted by molar-refractivity contribution is 7.09. The first-order chi connectivity index (χ1) is 17.0. The van der Waals surface area contributed by atoms with E-state index in [0.717, 1.165) is 16.0 Å². The normalized spacial score (nSPS) is 16.1. The molecule has 1 aliphatic heterocycles. The average molecular weight is 491 g/mol. The van der Waals surface area contributed by atoms with Gasteiger partial charge in [-0.1, -0.05) is 60.7 Å². The van der Waals surface area contributed by atoms with Crippen LogP contribution in [0.1, 0.15) is 28.8 Å². The standard InChI is InChI=1S/C26H26N4O4S/c31-23-12-11-22(30(23)16-19-9-5-2-6-10-19)25(33)29-21(13-18-7-3-1-4-8-18)24(32)26(34)28-15-20-14-27-17-35-20/h1-10,14,17,21-22H,11-13,15-16H2,(H,28,34)(H,29,33). The minimum Gasteiger partial charge on any atom is -0.344 e. The van der Waals surface area contributed by atoms with Gasteiger partial charge < -0.3 is 15.5 Å². The number of rotatable bonds is 10. The van der Waals surface area contributed by atoms with Gasteiger partial charge in [0.15, 0.2) is 0 Å². The number of carbonyl (C=O) groups is 4. The van der Waals surface area contributed by atoms with Crippen LogP contribution < -0.4 is 10.6 Å². The summed E-state index contributed by atoms with van der Waals surface area (Å²) in [6.07, 6.45) is 2.41. The molecule has 0 aliphatic carbocycles. The number of hydrogen-bond acceptors (Lipinski definition) is 6. The Kier molecular flexibility index (Phi) is 7.99. The third-order valence-electron chi connectivity index (χ3n) is 5.87. The number of likely N-dealkylation sites (tertiary alicyclic amines) is 1. The molecule has 2 N–H and O–H groups in total. The molecule has 0 radical (unpaired) electrons. The molecule has 2 aromatic carbocycles. The van der Waals surface area contributed by atoms with Gasteiger partial charge in [0.25, 0.3) is 5.91 Å². The van der Waals surface area contributed by atoms with Crippen LogP contribution in [-0.4, -0.2) is 45.5 Å². The molecule has 1 saturated heterocycles. The second-order valence-corrected chi connectivity index (χ2v) is 9.30. The van der Waals surface area contributed by atoms with Gasteiger partial charge in [-0.3, -0.25) is 24.2 Å². The average Bonchev–Trinajstić information content (AvgIpc) is 3.53. The van der Waals surface area contributed by atoms with E-state index in [1.54, 1.807) is 16.6 Å². The minimum atomic E-state index is -1.05. The highest BCUT2D eigenvalue weighted by Crippen LogP contribution is 2.22. The highest BCUT2D eigenvalue weighted by atomic mass is 32.1. The third kappa shape index (κ3) is 6.39. The number of ketones is 1. The van der Waals surface area contributed by atoms with Gasteiger partial charge in [0, 0.05) is 30.5 Å². The van der Waals surface area contributed by atoms with Crippen LogP contribution in [0, 0.1) is 0 Å². The zero-order valence-corrected chi connectivity index (χ0v) is 19.9. The number of thiazole rings is 1. The van der Waals surface area contributed by atoms with E-state index in [4.69, 9.17) is 0 Å². The van der Waals surface area contributed by atoms with Crippen molar-refractivity contribution in [3.63, 3.8) is 0 Å². The van der Waals surface area contributed by atoms with Crippen LogP contribution in [0.3, 0.4) is 0 Å². The van der Waals surface area contributed by atoms with Crippen molar-refractivity contribution in [2.45, 2.75) is 44.4 Å². The molecule has 1 aliphatic rings. The predicted octanol–water partition coefficient (Wildman–Crippen LogP) is 2.25. The lowest BCUT2D eigenvalue weighted by molar-refractivity contribution is -0.141. The molecular weight excluding hydrogens is 464 g/mol. The molecule has 3 aromatic rings. The Morgan fingerprint density at radius 3 is 2.37 bits per heavy atom. The van der Waals surface area contributed by atoms with Crippen LogP contribution in [0.4, 0.5) is 0 Å². The quantitative estimate of drug-likeness (QED) is 0.424. The summed E-state index contributed by atoms with van der Waals surface area (Å²) >= 11 is 1.37. The summed E-state index contributed by atoms with van der Waals surface area (Å²) in [5.41, 5.74) is 3.37. The Balaban J connectivity index is 1.47. The maximum Gasteiger partial charge on any atom is 0.289 e. The number of hydrogen-bond donors (Lipinski definition) is 2. The fourth-order valence-electron chi connectivity index (χ4n) is 4.05. The van der Waals surface area contributed by atoms with Crippen molar-refractivity contribution in [1.29, 1.82) is 0 Å². The smallest absolute Gasteiger partial charge is 0.289 e. The van der Waals surface area contributed by atoms with Crippen LogP contribution in [0.2, 0.25) is 0 Å². The fraction of sp³-hybridized carbons (Fsp3) is 0.269. The zero-order chi connectivity index (χ0) is 24.6.